The van der Waals surface area contributed by atoms with Gasteiger partial charge >= 0.3 is 0 Å². The minimum Gasteiger partial charge on any atom is -0.356 e. The molecular weight excluding hydrogens is 174 g/mol. The quantitative estimate of drug-likeness (QED) is 0.729. The largest absolute Gasteiger partial charge is 0.356 e. The fourth-order valence-corrected chi connectivity index (χ4v) is 1.65. The van der Waals surface area contributed by atoms with E-state index in [0.29, 0.717) is 0 Å². The zero-order valence-electron chi connectivity index (χ0n) is 9.08. The molecule has 0 saturated heterocycles. The maximum Gasteiger partial charge on any atom is 0.203 e. The summed E-state index contributed by atoms with van der Waals surface area (Å²) in [5, 5.41) is 3.41. The van der Waals surface area contributed by atoms with E-state index in [9.17, 15) is 0 Å². The van der Waals surface area contributed by atoms with E-state index in [-0.39, 0.29) is 0 Å². The molecule has 3 nitrogen and oxygen atoms in total. The smallest absolute Gasteiger partial charge is 0.203 e. The molecule has 1 heterocycles. The molecule has 0 amide bonds. The van der Waals surface area contributed by atoms with Crippen molar-refractivity contribution in [2.24, 2.45) is 0 Å². The van der Waals surface area contributed by atoms with Crippen LogP contribution in [0.1, 0.15) is 44.3 Å². The topological polar surface area (TPSA) is 29.9 Å². The van der Waals surface area contributed by atoms with Crippen molar-refractivity contribution in [2.75, 3.05) is 11.9 Å². The summed E-state index contributed by atoms with van der Waals surface area (Å²) in [6.45, 7) is 5.31. The Morgan fingerprint density at radius 1 is 1.57 bits per heavy atom. The van der Waals surface area contributed by atoms with Crippen molar-refractivity contribution in [3.63, 3.8) is 0 Å². The summed E-state index contributed by atoms with van der Waals surface area (Å²) in [7, 11) is 0. The first-order valence-corrected chi connectivity index (χ1v) is 5.60. The molecule has 0 aliphatic heterocycles. The van der Waals surface area contributed by atoms with Crippen LogP contribution in [0, 0.1) is 6.92 Å². The average Bonchev–Trinajstić information content (AvgIpc) is 2.92. The van der Waals surface area contributed by atoms with Crippen molar-refractivity contribution in [2.45, 2.75) is 45.6 Å². The third-order valence-corrected chi connectivity index (χ3v) is 2.61. The van der Waals surface area contributed by atoms with Crippen LogP contribution in [0.25, 0.3) is 0 Å². The van der Waals surface area contributed by atoms with E-state index in [2.05, 4.69) is 34.9 Å². The summed E-state index contributed by atoms with van der Waals surface area (Å²) < 4.78 is 2.30. The van der Waals surface area contributed by atoms with Gasteiger partial charge in [-0.2, -0.15) is 0 Å². The third-order valence-electron chi connectivity index (χ3n) is 2.61. The number of nitrogens with zero attached hydrogens (tertiary/aromatic N) is 2. The van der Waals surface area contributed by atoms with Crippen molar-refractivity contribution in [1.29, 1.82) is 0 Å². The summed E-state index contributed by atoms with van der Waals surface area (Å²) in [4.78, 5) is 4.50. The van der Waals surface area contributed by atoms with E-state index in [4.69, 9.17) is 0 Å². The molecule has 3 heteroatoms. The average molecular weight is 193 g/mol. The Labute approximate surface area is 85.5 Å². The Morgan fingerprint density at radius 3 is 3.00 bits per heavy atom. The summed E-state index contributed by atoms with van der Waals surface area (Å²) in [6.07, 6.45) is 7.25. The molecule has 0 spiro atoms. The van der Waals surface area contributed by atoms with Crippen LogP contribution in [0.15, 0.2) is 6.20 Å². The highest BCUT2D eigenvalue weighted by Crippen LogP contribution is 2.37. The molecular formula is C11H19N3. The van der Waals surface area contributed by atoms with Gasteiger partial charge in [0.2, 0.25) is 5.95 Å². The lowest BCUT2D eigenvalue weighted by Gasteiger charge is -2.07. The van der Waals surface area contributed by atoms with Crippen LogP contribution in [0.3, 0.4) is 0 Å². The van der Waals surface area contributed by atoms with Crippen LogP contribution in [-0.2, 0) is 0 Å². The normalized spacial score (nSPS) is 15.9. The van der Waals surface area contributed by atoms with Crippen molar-refractivity contribution >= 4 is 5.95 Å². The molecule has 0 unspecified atom stereocenters. The molecule has 1 aliphatic carbocycles. The van der Waals surface area contributed by atoms with Crippen LogP contribution < -0.4 is 5.32 Å². The lowest BCUT2D eigenvalue weighted by molar-refractivity contribution is 0.734. The Balaban J connectivity index is 1.99. The number of anilines is 1. The summed E-state index contributed by atoms with van der Waals surface area (Å²) >= 11 is 0. The van der Waals surface area contributed by atoms with Gasteiger partial charge < -0.3 is 9.88 Å². The number of imidazole rings is 1. The molecule has 0 bridgehead atoms. The number of aryl methyl sites for hydroxylation is 1. The first kappa shape index (κ1) is 9.56. The van der Waals surface area contributed by atoms with E-state index in [1.165, 1.54) is 25.7 Å². The fraction of sp³-hybridized carbons (Fsp3) is 0.727. The van der Waals surface area contributed by atoms with E-state index in [1.54, 1.807) is 0 Å². The number of rotatable bonds is 5. The standard InChI is InChI=1S/C11H19N3/c1-3-4-7-12-11-13-9(2)8-14(11)10-5-6-10/h8,10H,3-7H2,1-2H3,(H,12,13). The van der Waals surface area contributed by atoms with Gasteiger partial charge in [-0.15, -0.1) is 0 Å². The molecule has 2 rings (SSSR count). The van der Waals surface area contributed by atoms with Crippen molar-refractivity contribution in [3.8, 4) is 0 Å². The second-order valence-electron chi connectivity index (χ2n) is 4.12. The van der Waals surface area contributed by atoms with Gasteiger partial charge in [-0.25, -0.2) is 4.98 Å². The highest BCUT2D eigenvalue weighted by molar-refractivity contribution is 5.30. The molecule has 1 aliphatic rings. The van der Waals surface area contributed by atoms with Gasteiger partial charge in [0.05, 0.1) is 5.69 Å². The summed E-state index contributed by atoms with van der Waals surface area (Å²) in [5.41, 5.74) is 1.12. The molecule has 14 heavy (non-hydrogen) atoms. The van der Waals surface area contributed by atoms with Crippen LogP contribution in [0.2, 0.25) is 0 Å². The van der Waals surface area contributed by atoms with Crippen LogP contribution >= 0.6 is 0 Å². The van der Waals surface area contributed by atoms with Crippen LogP contribution in [0.4, 0.5) is 5.95 Å². The second-order valence-corrected chi connectivity index (χ2v) is 4.12. The monoisotopic (exact) mass is 193 g/mol. The summed E-state index contributed by atoms with van der Waals surface area (Å²) in [5.74, 6) is 1.07. The third kappa shape index (κ3) is 2.08. The fourth-order valence-electron chi connectivity index (χ4n) is 1.65. The number of hydrogen-bond acceptors (Lipinski definition) is 2. The minimum atomic E-state index is 0.723. The molecule has 1 aromatic rings. The molecule has 1 N–H and O–H groups in total. The lowest BCUT2D eigenvalue weighted by Crippen LogP contribution is -2.07. The molecule has 1 saturated carbocycles. The van der Waals surface area contributed by atoms with Gasteiger partial charge in [-0.1, -0.05) is 13.3 Å². The predicted molar refractivity (Wildman–Crippen MR) is 58.6 cm³/mol. The number of hydrogen-bond donors (Lipinski definition) is 1. The highest BCUT2D eigenvalue weighted by atomic mass is 15.2. The maximum atomic E-state index is 4.50. The van der Waals surface area contributed by atoms with Gasteiger partial charge in [-0.3, -0.25) is 0 Å². The number of unbranched alkanes of at least 4 members (excludes halogenated alkanes) is 1. The van der Waals surface area contributed by atoms with Gasteiger partial charge in [0.15, 0.2) is 0 Å². The molecule has 0 radical (unpaired) electrons. The zero-order chi connectivity index (χ0) is 9.97. The van der Waals surface area contributed by atoms with E-state index < -0.39 is 0 Å². The van der Waals surface area contributed by atoms with Gasteiger partial charge in [0, 0.05) is 18.8 Å². The zero-order valence-corrected chi connectivity index (χ0v) is 9.08. The second kappa shape index (κ2) is 4.03. The van der Waals surface area contributed by atoms with E-state index in [0.717, 1.165) is 24.2 Å². The Bertz CT molecular complexity index is 299. The van der Waals surface area contributed by atoms with Gasteiger partial charge in [-0.05, 0) is 26.2 Å². The molecule has 1 fully saturated rings. The van der Waals surface area contributed by atoms with E-state index >= 15 is 0 Å². The minimum absolute atomic E-state index is 0.723. The lowest BCUT2D eigenvalue weighted by atomic mass is 10.3. The highest BCUT2D eigenvalue weighted by Gasteiger charge is 2.25. The van der Waals surface area contributed by atoms with Crippen molar-refractivity contribution in [1.82, 2.24) is 9.55 Å². The molecule has 78 valence electrons. The molecule has 0 aromatic carbocycles. The van der Waals surface area contributed by atoms with Crippen LogP contribution in [0.5, 0.6) is 0 Å². The summed E-state index contributed by atoms with van der Waals surface area (Å²) in [6, 6.07) is 0.723. The molecule has 1 aromatic heterocycles. The number of nitrogens with one attached hydrogen (secondary N) is 1. The van der Waals surface area contributed by atoms with E-state index in [1.807, 2.05) is 0 Å². The molecule has 0 atom stereocenters. The Hall–Kier alpha value is -0.990. The van der Waals surface area contributed by atoms with Gasteiger partial charge in [0.25, 0.3) is 0 Å². The first-order chi connectivity index (χ1) is 6.81. The van der Waals surface area contributed by atoms with Crippen molar-refractivity contribution in [3.05, 3.63) is 11.9 Å². The Morgan fingerprint density at radius 2 is 2.36 bits per heavy atom. The first-order valence-electron chi connectivity index (χ1n) is 5.60. The van der Waals surface area contributed by atoms with Crippen LogP contribution in [-0.4, -0.2) is 16.1 Å². The SMILES string of the molecule is CCCCNc1nc(C)cn1C1CC1. The maximum absolute atomic E-state index is 4.50. The number of aromatic nitrogens is 2. The predicted octanol–water partition coefficient (Wildman–Crippen LogP) is 2.74. The van der Waals surface area contributed by atoms with Gasteiger partial charge in [0.1, 0.15) is 0 Å². The van der Waals surface area contributed by atoms with Crippen molar-refractivity contribution < 1.29 is 0 Å². The Kier molecular flexibility index (Phi) is 2.75.